The highest BCUT2D eigenvalue weighted by atomic mass is 32.2. The molecule has 1 atom stereocenters. The van der Waals surface area contributed by atoms with Gasteiger partial charge in [-0.05, 0) is 31.5 Å². The summed E-state index contributed by atoms with van der Waals surface area (Å²) in [4.78, 5) is 24.8. The van der Waals surface area contributed by atoms with Crippen LogP contribution < -0.4 is 4.72 Å². The van der Waals surface area contributed by atoms with Crippen molar-refractivity contribution < 1.29 is 17.8 Å². The van der Waals surface area contributed by atoms with Gasteiger partial charge in [-0.1, -0.05) is 6.92 Å². The molecule has 0 aliphatic carbocycles. The Kier molecular flexibility index (Phi) is 5.88. The second-order valence-electron chi connectivity index (χ2n) is 7.37. The number of hydrogen-bond acceptors (Lipinski definition) is 4. The number of imidazole rings is 1. The van der Waals surface area contributed by atoms with Gasteiger partial charge in [-0.15, -0.1) is 0 Å². The zero-order valence-electron chi connectivity index (χ0n) is 17.7. The first kappa shape index (κ1) is 21.8. The van der Waals surface area contributed by atoms with Gasteiger partial charge in [0.15, 0.2) is 5.82 Å². The number of benzene rings is 1. The number of nitrogens with one attached hydrogen (secondary N) is 2. The zero-order valence-corrected chi connectivity index (χ0v) is 18.5. The SMILES string of the molecule is CCCS(=O)Nc1ccc(F)c(C(=O)c2c[nH]c3ncc(-c4ncc(C)n4C)cc23)c1F. The monoisotopic (exact) mass is 457 g/mol. The predicted molar refractivity (Wildman–Crippen MR) is 120 cm³/mol. The summed E-state index contributed by atoms with van der Waals surface area (Å²) >= 11 is 0. The van der Waals surface area contributed by atoms with Crippen molar-refractivity contribution in [3.63, 3.8) is 0 Å². The first-order valence-electron chi connectivity index (χ1n) is 9.95. The number of hydrogen-bond donors (Lipinski definition) is 2. The van der Waals surface area contributed by atoms with E-state index in [-0.39, 0.29) is 11.3 Å². The van der Waals surface area contributed by atoms with E-state index in [1.807, 2.05) is 25.5 Å². The van der Waals surface area contributed by atoms with E-state index >= 15 is 4.39 Å². The maximum atomic E-state index is 15.1. The molecule has 0 radical (unpaired) electrons. The molecule has 0 saturated carbocycles. The summed E-state index contributed by atoms with van der Waals surface area (Å²) in [5.41, 5.74) is 1.17. The summed E-state index contributed by atoms with van der Waals surface area (Å²) in [7, 11) is 0.316. The molecule has 4 rings (SSSR count). The van der Waals surface area contributed by atoms with Crippen molar-refractivity contribution in [3.8, 4) is 11.4 Å². The van der Waals surface area contributed by atoms with Crippen molar-refractivity contribution in [3.05, 3.63) is 65.2 Å². The molecule has 0 fully saturated rings. The van der Waals surface area contributed by atoms with E-state index < -0.39 is 34.0 Å². The van der Waals surface area contributed by atoms with Gasteiger partial charge in [-0.3, -0.25) is 4.79 Å². The number of halogens is 2. The number of carbonyl (C=O) groups excluding carboxylic acids is 1. The van der Waals surface area contributed by atoms with Crippen molar-refractivity contribution in [2.75, 3.05) is 10.5 Å². The molecule has 3 heterocycles. The van der Waals surface area contributed by atoms with Crippen LogP contribution in [0.3, 0.4) is 0 Å². The Morgan fingerprint density at radius 1 is 1.25 bits per heavy atom. The van der Waals surface area contributed by atoms with E-state index in [2.05, 4.69) is 19.7 Å². The first-order chi connectivity index (χ1) is 15.3. The van der Waals surface area contributed by atoms with E-state index in [1.54, 1.807) is 18.5 Å². The van der Waals surface area contributed by atoms with Crippen molar-refractivity contribution >= 4 is 33.5 Å². The van der Waals surface area contributed by atoms with Crippen LogP contribution in [0.4, 0.5) is 14.5 Å². The standard InChI is InChI=1S/C22H21F2N5O2S/c1-4-7-32(31)28-17-6-5-16(23)18(19(17)24)20(30)15-11-26-21-14(15)8-13(10-25-21)22-27-9-12(2)29(22)3/h5-6,8-11,28H,4,7H2,1-3H3,(H,25,26). The van der Waals surface area contributed by atoms with E-state index in [1.165, 1.54) is 6.20 Å². The Bertz CT molecular complexity index is 1360. The first-order valence-corrected chi connectivity index (χ1v) is 11.3. The normalized spacial score (nSPS) is 12.3. The fourth-order valence-electron chi connectivity index (χ4n) is 3.41. The average Bonchev–Trinajstić information content (AvgIpc) is 3.33. The summed E-state index contributed by atoms with van der Waals surface area (Å²) in [6.45, 7) is 3.75. The number of nitrogens with zero attached hydrogens (tertiary/aromatic N) is 3. The van der Waals surface area contributed by atoms with Crippen LogP contribution in [-0.4, -0.2) is 35.3 Å². The molecule has 10 heteroatoms. The Balaban J connectivity index is 1.78. The fourth-order valence-corrected chi connectivity index (χ4v) is 4.29. The largest absolute Gasteiger partial charge is 0.345 e. The Labute approximate surface area is 185 Å². The number of aryl methyl sites for hydroxylation is 1. The van der Waals surface area contributed by atoms with Crippen molar-refractivity contribution in [1.82, 2.24) is 19.5 Å². The number of pyridine rings is 1. The van der Waals surface area contributed by atoms with E-state index in [0.29, 0.717) is 34.6 Å². The Morgan fingerprint density at radius 2 is 2.03 bits per heavy atom. The maximum absolute atomic E-state index is 15.1. The molecule has 2 N–H and O–H groups in total. The van der Waals surface area contributed by atoms with Crippen LogP contribution in [0.5, 0.6) is 0 Å². The number of H-pyrrole nitrogens is 1. The summed E-state index contributed by atoms with van der Waals surface area (Å²) < 4.78 is 46.0. The summed E-state index contributed by atoms with van der Waals surface area (Å²) in [5, 5.41) is 0.417. The smallest absolute Gasteiger partial charge is 0.201 e. The van der Waals surface area contributed by atoms with Gasteiger partial charge in [0.2, 0.25) is 5.78 Å². The van der Waals surface area contributed by atoms with Crippen LogP contribution in [0.1, 0.15) is 35.0 Å². The lowest BCUT2D eigenvalue weighted by atomic mass is 10.0. The van der Waals surface area contributed by atoms with E-state index in [4.69, 9.17) is 0 Å². The van der Waals surface area contributed by atoms with Crippen LogP contribution in [0.25, 0.3) is 22.4 Å². The highest BCUT2D eigenvalue weighted by Crippen LogP contribution is 2.29. The number of fused-ring (bicyclic) bond motifs is 1. The molecule has 32 heavy (non-hydrogen) atoms. The van der Waals surface area contributed by atoms with Gasteiger partial charge in [0.1, 0.15) is 28.3 Å². The molecular formula is C22H21F2N5O2S. The zero-order chi connectivity index (χ0) is 23.0. The second-order valence-corrected chi connectivity index (χ2v) is 8.67. The van der Waals surface area contributed by atoms with Crippen molar-refractivity contribution in [2.45, 2.75) is 20.3 Å². The Hall–Kier alpha value is -3.40. The van der Waals surface area contributed by atoms with Crippen LogP contribution in [0.15, 0.2) is 36.8 Å². The Morgan fingerprint density at radius 3 is 2.72 bits per heavy atom. The van der Waals surface area contributed by atoms with Crippen LogP contribution in [0, 0.1) is 18.6 Å². The molecule has 166 valence electrons. The molecule has 4 aromatic rings. The van der Waals surface area contributed by atoms with Gasteiger partial charge < -0.3 is 14.3 Å². The molecule has 3 aromatic heterocycles. The number of ketones is 1. The van der Waals surface area contributed by atoms with Crippen molar-refractivity contribution in [2.24, 2.45) is 7.05 Å². The van der Waals surface area contributed by atoms with E-state index in [0.717, 1.165) is 17.8 Å². The van der Waals surface area contributed by atoms with Gasteiger partial charge in [-0.2, -0.15) is 0 Å². The minimum absolute atomic E-state index is 0.0740. The summed E-state index contributed by atoms with van der Waals surface area (Å²) in [6.07, 6.45) is 5.33. The maximum Gasteiger partial charge on any atom is 0.201 e. The number of carbonyl (C=O) groups is 1. The molecule has 0 aliphatic heterocycles. The molecule has 7 nitrogen and oxygen atoms in total. The van der Waals surface area contributed by atoms with Gasteiger partial charge in [0.25, 0.3) is 0 Å². The highest BCUT2D eigenvalue weighted by Gasteiger charge is 2.25. The quantitative estimate of drug-likeness (QED) is 0.406. The van der Waals surface area contributed by atoms with Crippen molar-refractivity contribution in [1.29, 1.82) is 0 Å². The lowest BCUT2D eigenvalue weighted by Gasteiger charge is -2.10. The third-order valence-corrected chi connectivity index (χ3v) is 6.41. The second kappa shape index (κ2) is 8.62. The fraction of sp³-hybridized carbons (Fsp3) is 0.227. The minimum Gasteiger partial charge on any atom is -0.345 e. The molecular weight excluding hydrogens is 436 g/mol. The molecule has 0 saturated heterocycles. The lowest BCUT2D eigenvalue weighted by Crippen LogP contribution is -2.13. The van der Waals surface area contributed by atoms with Gasteiger partial charge in [0, 0.05) is 53.6 Å². The highest BCUT2D eigenvalue weighted by molar-refractivity contribution is 7.86. The average molecular weight is 458 g/mol. The van der Waals surface area contributed by atoms with Gasteiger partial charge >= 0.3 is 0 Å². The minimum atomic E-state index is -1.54. The summed E-state index contributed by atoms with van der Waals surface area (Å²) in [5.74, 6) is -1.98. The lowest BCUT2D eigenvalue weighted by molar-refractivity contribution is 0.103. The number of aromatic amines is 1. The molecule has 1 unspecified atom stereocenters. The number of anilines is 1. The summed E-state index contributed by atoms with van der Waals surface area (Å²) in [6, 6.07) is 3.83. The molecule has 0 aliphatic rings. The predicted octanol–water partition coefficient (Wildman–Crippen LogP) is 4.27. The molecule has 0 amide bonds. The number of aromatic nitrogens is 4. The van der Waals surface area contributed by atoms with Crippen LogP contribution in [-0.2, 0) is 18.0 Å². The molecule has 0 spiro atoms. The third kappa shape index (κ3) is 3.81. The van der Waals surface area contributed by atoms with Crippen LogP contribution >= 0.6 is 0 Å². The van der Waals surface area contributed by atoms with Gasteiger partial charge in [0.05, 0.1) is 11.3 Å². The number of rotatable bonds is 7. The topological polar surface area (TPSA) is 92.7 Å². The van der Waals surface area contributed by atoms with Gasteiger partial charge in [-0.25, -0.2) is 23.0 Å². The molecule has 1 aromatic carbocycles. The molecule has 0 bridgehead atoms. The van der Waals surface area contributed by atoms with E-state index in [9.17, 15) is 13.4 Å². The van der Waals surface area contributed by atoms with Crippen LogP contribution in [0.2, 0.25) is 0 Å². The third-order valence-electron chi connectivity index (χ3n) is 5.19.